The summed E-state index contributed by atoms with van der Waals surface area (Å²) in [5.74, 6) is -0.297. The Morgan fingerprint density at radius 3 is 2.67 bits per heavy atom. The Kier molecular flexibility index (Phi) is 5.76. The molecule has 154 valence electrons. The highest BCUT2D eigenvalue weighted by Gasteiger charge is 2.33. The zero-order valence-electron chi connectivity index (χ0n) is 16.9. The van der Waals surface area contributed by atoms with Crippen LogP contribution in [0, 0.1) is 13.8 Å². The third-order valence-corrected chi connectivity index (χ3v) is 6.12. The van der Waals surface area contributed by atoms with Crippen molar-refractivity contribution >= 4 is 34.6 Å². The molecule has 0 saturated carbocycles. The first-order chi connectivity index (χ1) is 14.5. The number of nitrogens with one attached hydrogen (secondary N) is 2. The lowest BCUT2D eigenvalue weighted by Crippen LogP contribution is -2.34. The first kappa shape index (κ1) is 20.0. The maximum absolute atomic E-state index is 12.9. The molecule has 1 atom stereocenters. The molecule has 1 saturated heterocycles. The lowest BCUT2D eigenvalue weighted by atomic mass is 10.1. The summed E-state index contributed by atoms with van der Waals surface area (Å²) in [6.07, 6.45) is 1.69. The summed E-state index contributed by atoms with van der Waals surface area (Å²) in [5.41, 5.74) is 3.62. The van der Waals surface area contributed by atoms with Crippen molar-refractivity contribution in [1.29, 1.82) is 0 Å². The minimum absolute atomic E-state index is 0.156. The molecule has 1 aliphatic rings. The van der Waals surface area contributed by atoms with E-state index in [-0.39, 0.29) is 23.0 Å². The number of aromatic nitrogens is 2. The van der Waals surface area contributed by atoms with Gasteiger partial charge in [0.1, 0.15) is 5.01 Å². The van der Waals surface area contributed by atoms with Crippen molar-refractivity contribution in [2.75, 3.05) is 17.2 Å². The number of carbonyl (C=O) groups excluding carboxylic acids is 2. The molecule has 0 bridgehead atoms. The van der Waals surface area contributed by atoms with Gasteiger partial charge in [-0.05, 0) is 56.0 Å². The molecule has 3 aromatic rings. The zero-order valence-corrected chi connectivity index (χ0v) is 17.7. The van der Waals surface area contributed by atoms with E-state index in [9.17, 15) is 9.59 Å². The van der Waals surface area contributed by atoms with Gasteiger partial charge in [0, 0.05) is 17.9 Å². The van der Waals surface area contributed by atoms with Crippen LogP contribution in [0.15, 0.2) is 48.5 Å². The minimum atomic E-state index is -0.297. The predicted molar refractivity (Wildman–Crippen MR) is 118 cm³/mol. The van der Waals surface area contributed by atoms with Crippen molar-refractivity contribution in [3.63, 3.8) is 0 Å². The summed E-state index contributed by atoms with van der Waals surface area (Å²) >= 11 is 1.23. The molecule has 0 unspecified atom stereocenters. The van der Waals surface area contributed by atoms with Gasteiger partial charge in [0.25, 0.3) is 5.91 Å². The maximum Gasteiger partial charge on any atom is 0.322 e. The fourth-order valence-electron chi connectivity index (χ4n) is 3.49. The van der Waals surface area contributed by atoms with Crippen LogP contribution in [0.1, 0.15) is 44.8 Å². The summed E-state index contributed by atoms with van der Waals surface area (Å²) in [5, 5.41) is 15.1. The number of benzene rings is 2. The SMILES string of the molecule is Cc1ccc(C)c(NC(=O)N2CCC[C@@H]2c2nnc(C(=O)Nc3ccccc3)s2)c1. The van der Waals surface area contributed by atoms with E-state index in [1.165, 1.54) is 11.3 Å². The van der Waals surface area contributed by atoms with Gasteiger partial charge in [0.05, 0.1) is 6.04 Å². The van der Waals surface area contributed by atoms with Crippen LogP contribution in [0.3, 0.4) is 0 Å². The second-order valence-electron chi connectivity index (χ2n) is 7.37. The molecule has 0 radical (unpaired) electrons. The number of amides is 3. The maximum atomic E-state index is 12.9. The highest BCUT2D eigenvalue weighted by molar-refractivity contribution is 7.13. The van der Waals surface area contributed by atoms with Crippen molar-refractivity contribution in [3.8, 4) is 0 Å². The van der Waals surface area contributed by atoms with Gasteiger partial charge in [-0.25, -0.2) is 4.79 Å². The molecule has 0 spiro atoms. The van der Waals surface area contributed by atoms with Crippen LogP contribution < -0.4 is 10.6 Å². The molecule has 2 aromatic carbocycles. The van der Waals surface area contributed by atoms with E-state index in [1.807, 2.05) is 62.4 Å². The van der Waals surface area contributed by atoms with Crippen LogP contribution in [0.2, 0.25) is 0 Å². The largest absolute Gasteiger partial charge is 0.322 e. The van der Waals surface area contributed by atoms with Gasteiger partial charge >= 0.3 is 6.03 Å². The van der Waals surface area contributed by atoms with Crippen LogP contribution in [0.5, 0.6) is 0 Å². The summed E-state index contributed by atoms with van der Waals surface area (Å²) in [6, 6.07) is 14.9. The number of carbonyl (C=O) groups is 2. The van der Waals surface area contributed by atoms with Crippen LogP contribution in [0.25, 0.3) is 0 Å². The Balaban J connectivity index is 1.46. The molecule has 8 heteroatoms. The topological polar surface area (TPSA) is 87.2 Å². The summed E-state index contributed by atoms with van der Waals surface area (Å²) in [4.78, 5) is 27.2. The lowest BCUT2D eigenvalue weighted by Gasteiger charge is -2.23. The highest BCUT2D eigenvalue weighted by atomic mass is 32.1. The number of hydrogen-bond donors (Lipinski definition) is 2. The normalized spacial score (nSPS) is 15.8. The second kappa shape index (κ2) is 8.62. The van der Waals surface area contributed by atoms with Crippen LogP contribution in [0.4, 0.5) is 16.2 Å². The van der Waals surface area contributed by atoms with E-state index in [0.717, 1.165) is 29.7 Å². The molecule has 4 rings (SSSR count). The van der Waals surface area contributed by atoms with Crippen molar-refractivity contribution in [2.24, 2.45) is 0 Å². The Morgan fingerprint density at radius 2 is 1.87 bits per heavy atom. The molecule has 3 amide bonds. The van der Waals surface area contributed by atoms with Crippen LogP contribution in [-0.4, -0.2) is 33.6 Å². The molecule has 7 nitrogen and oxygen atoms in total. The highest BCUT2D eigenvalue weighted by Crippen LogP contribution is 2.34. The Hall–Kier alpha value is -3.26. The number of likely N-dealkylation sites (tertiary alicyclic amines) is 1. The van der Waals surface area contributed by atoms with Crippen LogP contribution in [-0.2, 0) is 0 Å². The number of para-hydroxylation sites is 1. The monoisotopic (exact) mass is 421 g/mol. The number of hydrogen-bond acceptors (Lipinski definition) is 5. The Bertz CT molecular complexity index is 1070. The molecular formula is C22H23N5O2S. The van der Waals surface area contributed by atoms with Crippen LogP contribution >= 0.6 is 11.3 Å². The minimum Gasteiger partial charge on any atom is -0.320 e. The van der Waals surface area contributed by atoms with E-state index in [2.05, 4.69) is 20.8 Å². The first-order valence-corrected chi connectivity index (χ1v) is 10.7. The first-order valence-electron chi connectivity index (χ1n) is 9.86. The number of aryl methyl sites for hydroxylation is 2. The quantitative estimate of drug-likeness (QED) is 0.635. The predicted octanol–water partition coefficient (Wildman–Crippen LogP) is 4.78. The fraction of sp³-hybridized carbons (Fsp3) is 0.273. The molecule has 0 aliphatic carbocycles. The third kappa shape index (κ3) is 4.33. The molecule has 1 aliphatic heterocycles. The van der Waals surface area contributed by atoms with E-state index >= 15 is 0 Å². The molecular weight excluding hydrogens is 398 g/mol. The van der Waals surface area contributed by atoms with E-state index in [1.54, 1.807) is 4.90 Å². The number of urea groups is 1. The van der Waals surface area contributed by atoms with Gasteiger partial charge in [-0.3, -0.25) is 4.79 Å². The number of rotatable bonds is 4. The smallest absolute Gasteiger partial charge is 0.320 e. The van der Waals surface area contributed by atoms with Crippen molar-refractivity contribution < 1.29 is 9.59 Å². The molecule has 1 aromatic heterocycles. The Labute approximate surface area is 179 Å². The molecule has 2 N–H and O–H groups in total. The lowest BCUT2D eigenvalue weighted by molar-refractivity contribution is 0.102. The standard InChI is InChI=1S/C22H23N5O2S/c1-14-10-11-15(2)17(13-14)24-22(29)27-12-6-9-18(27)20-25-26-21(30-20)19(28)23-16-7-4-3-5-8-16/h3-5,7-8,10-11,13,18H,6,9,12H2,1-2H3,(H,23,28)(H,24,29)/t18-/m1/s1. The fourth-order valence-corrected chi connectivity index (χ4v) is 4.38. The summed E-state index contributed by atoms with van der Waals surface area (Å²) in [7, 11) is 0. The van der Waals surface area contributed by atoms with Crippen molar-refractivity contribution in [3.05, 3.63) is 69.7 Å². The number of nitrogens with zero attached hydrogens (tertiary/aromatic N) is 3. The zero-order chi connectivity index (χ0) is 21.1. The van der Waals surface area contributed by atoms with Gasteiger partial charge in [0.2, 0.25) is 5.01 Å². The van der Waals surface area contributed by atoms with Gasteiger partial charge in [-0.2, -0.15) is 0 Å². The molecule has 1 fully saturated rings. The van der Waals surface area contributed by atoms with Gasteiger partial charge < -0.3 is 15.5 Å². The van der Waals surface area contributed by atoms with E-state index in [0.29, 0.717) is 17.2 Å². The Morgan fingerprint density at radius 1 is 1.07 bits per heavy atom. The van der Waals surface area contributed by atoms with Gasteiger partial charge in [-0.1, -0.05) is 41.7 Å². The van der Waals surface area contributed by atoms with Crippen molar-refractivity contribution in [1.82, 2.24) is 15.1 Å². The molecule has 2 heterocycles. The van der Waals surface area contributed by atoms with Crippen molar-refractivity contribution in [2.45, 2.75) is 32.7 Å². The second-order valence-corrected chi connectivity index (χ2v) is 8.37. The van der Waals surface area contributed by atoms with Gasteiger partial charge in [0.15, 0.2) is 0 Å². The third-order valence-electron chi connectivity index (χ3n) is 5.10. The molecule has 30 heavy (non-hydrogen) atoms. The van der Waals surface area contributed by atoms with Gasteiger partial charge in [-0.15, -0.1) is 10.2 Å². The summed E-state index contributed by atoms with van der Waals surface area (Å²) in [6.45, 7) is 4.61. The van der Waals surface area contributed by atoms with E-state index in [4.69, 9.17) is 0 Å². The van der Waals surface area contributed by atoms with E-state index < -0.39 is 0 Å². The number of anilines is 2. The average molecular weight is 422 g/mol. The summed E-state index contributed by atoms with van der Waals surface area (Å²) < 4.78 is 0. The average Bonchev–Trinajstić information content (AvgIpc) is 3.41.